The first-order valence-electron chi connectivity index (χ1n) is 8.61. The molecule has 2 aromatic carbocycles. The van der Waals surface area contributed by atoms with Crippen LogP contribution in [0, 0.1) is 17.0 Å². The van der Waals surface area contributed by atoms with Crippen molar-refractivity contribution in [1.82, 2.24) is 4.90 Å². The lowest BCUT2D eigenvalue weighted by atomic mass is 10.1. The van der Waals surface area contributed by atoms with Crippen molar-refractivity contribution >= 4 is 23.3 Å². The maximum atomic E-state index is 12.4. The molecule has 0 spiro atoms. The first kappa shape index (κ1) is 20.9. The topological polar surface area (TPSA) is 93.0 Å². The highest BCUT2D eigenvalue weighted by molar-refractivity contribution is 5.97. The Balaban J connectivity index is 2.04. The number of amides is 1. The zero-order chi connectivity index (χ0) is 20.8. The molecule has 8 nitrogen and oxygen atoms in total. The Hall–Kier alpha value is -3.42. The zero-order valence-corrected chi connectivity index (χ0v) is 16.3. The van der Waals surface area contributed by atoms with Gasteiger partial charge in [0.25, 0.3) is 11.6 Å². The molecule has 148 valence electrons. The number of benzene rings is 2. The summed E-state index contributed by atoms with van der Waals surface area (Å²) in [6, 6.07) is 11.7. The highest BCUT2D eigenvalue weighted by atomic mass is 16.6. The minimum atomic E-state index is -0.788. The highest BCUT2D eigenvalue weighted by Gasteiger charge is 2.21. The van der Waals surface area contributed by atoms with Gasteiger partial charge < -0.3 is 14.5 Å². The molecule has 0 fully saturated rings. The van der Waals surface area contributed by atoms with Crippen LogP contribution in [0.25, 0.3) is 0 Å². The number of hydrogen-bond acceptors (Lipinski definition) is 6. The number of anilines is 1. The lowest BCUT2D eigenvalue weighted by Gasteiger charge is -2.19. The van der Waals surface area contributed by atoms with E-state index in [0.29, 0.717) is 12.2 Å². The van der Waals surface area contributed by atoms with Crippen LogP contribution in [-0.4, -0.2) is 49.4 Å². The molecule has 0 aliphatic carbocycles. The van der Waals surface area contributed by atoms with E-state index < -0.39 is 17.5 Å². The zero-order valence-electron chi connectivity index (χ0n) is 16.3. The molecule has 0 heterocycles. The third-order valence-corrected chi connectivity index (χ3v) is 4.19. The van der Waals surface area contributed by atoms with Crippen LogP contribution in [0.4, 0.5) is 11.4 Å². The molecule has 0 saturated carbocycles. The van der Waals surface area contributed by atoms with Crippen LogP contribution in [-0.2, 0) is 16.1 Å². The summed E-state index contributed by atoms with van der Waals surface area (Å²) in [7, 11) is 5.03. The standard InChI is InChI=1S/C20H23N3O5/c1-14-5-7-15(8-6-14)12-22(4)19(24)13-28-20(25)17-11-16(23(26)27)9-10-18(17)21(2)3/h5-11H,12-13H2,1-4H3. The average molecular weight is 385 g/mol. The summed E-state index contributed by atoms with van der Waals surface area (Å²) in [5.41, 5.74) is 2.37. The number of nitrogens with zero attached hydrogens (tertiary/aromatic N) is 3. The molecular formula is C20H23N3O5. The third-order valence-electron chi connectivity index (χ3n) is 4.19. The number of aryl methyl sites for hydroxylation is 1. The van der Waals surface area contributed by atoms with Gasteiger partial charge in [-0.2, -0.15) is 0 Å². The molecule has 0 bridgehead atoms. The summed E-state index contributed by atoms with van der Waals surface area (Å²) in [5.74, 6) is -1.16. The minimum absolute atomic E-state index is 0.0354. The van der Waals surface area contributed by atoms with E-state index in [9.17, 15) is 19.7 Å². The summed E-state index contributed by atoms with van der Waals surface area (Å²) in [6.07, 6.45) is 0. The van der Waals surface area contributed by atoms with E-state index in [4.69, 9.17) is 4.74 Å². The molecule has 0 radical (unpaired) electrons. The molecule has 0 saturated heterocycles. The number of non-ortho nitro benzene ring substituents is 1. The van der Waals surface area contributed by atoms with E-state index in [1.807, 2.05) is 31.2 Å². The second kappa shape index (κ2) is 8.98. The lowest BCUT2D eigenvalue weighted by molar-refractivity contribution is -0.384. The number of likely N-dealkylation sites (N-methyl/N-ethyl adjacent to an activating group) is 1. The van der Waals surface area contributed by atoms with E-state index in [2.05, 4.69) is 0 Å². The van der Waals surface area contributed by atoms with Gasteiger partial charge >= 0.3 is 5.97 Å². The largest absolute Gasteiger partial charge is 0.452 e. The molecule has 2 aromatic rings. The second-order valence-corrected chi connectivity index (χ2v) is 6.66. The number of carbonyl (C=O) groups is 2. The number of hydrogen-bond donors (Lipinski definition) is 0. The maximum Gasteiger partial charge on any atom is 0.341 e. The van der Waals surface area contributed by atoms with Crippen LogP contribution in [0.3, 0.4) is 0 Å². The molecule has 0 aromatic heterocycles. The van der Waals surface area contributed by atoms with Crippen molar-refractivity contribution in [3.63, 3.8) is 0 Å². The molecule has 0 aliphatic rings. The summed E-state index contributed by atoms with van der Waals surface area (Å²) < 4.78 is 5.11. The summed E-state index contributed by atoms with van der Waals surface area (Å²) >= 11 is 0. The Labute approximate surface area is 163 Å². The van der Waals surface area contributed by atoms with E-state index in [1.54, 1.807) is 26.0 Å². The number of ether oxygens (including phenoxy) is 1. The van der Waals surface area contributed by atoms with Crippen molar-refractivity contribution in [3.8, 4) is 0 Å². The van der Waals surface area contributed by atoms with Crippen LogP contribution in [0.1, 0.15) is 21.5 Å². The molecule has 1 amide bonds. The van der Waals surface area contributed by atoms with Crippen LogP contribution in [0.2, 0.25) is 0 Å². The molecule has 2 rings (SSSR count). The quantitative estimate of drug-likeness (QED) is 0.413. The fourth-order valence-corrected chi connectivity index (χ4v) is 2.56. The van der Waals surface area contributed by atoms with Gasteiger partial charge in [0, 0.05) is 39.8 Å². The van der Waals surface area contributed by atoms with Gasteiger partial charge in [0.1, 0.15) is 0 Å². The number of esters is 1. The number of nitro benzene ring substituents is 1. The first-order chi connectivity index (χ1) is 13.2. The van der Waals surface area contributed by atoms with Crippen molar-refractivity contribution < 1.29 is 19.2 Å². The van der Waals surface area contributed by atoms with Crippen molar-refractivity contribution in [1.29, 1.82) is 0 Å². The van der Waals surface area contributed by atoms with Crippen LogP contribution < -0.4 is 4.90 Å². The fraction of sp³-hybridized carbons (Fsp3) is 0.300. The Morgan fingerprint density at radius 2 is 1.71 bits per heavy atom. The summed E-state index contributed by atoms with van der Waals surface area (Å²) in [6.45, 7) is 1.92. The van der Waals surface area contributed by atoms with Crippen LogP contribution in [0.5, 0.6) is 0 Å². The van der Waals surface area contributed by atoms with Gasteiger partial charge in [0.2, 0.25) is 0 Å². The van der Waals surface area contributed by atoms with Crippen molar-refractivity contribution in [2.24, 2.45) is 0 Å². The molecule has 0 unspecified atom stereocenters. The molecule has 8 heteroatoms. The smallest absolute Gasteiger partial charge is 0.341 e. The van der Waals surface area contributed by atoms with E-state index in [1.165, 1.54) is 17.0 Å². The molecule has 28 heavy (non-hydrogen) atoms. The lowest BCUT2D eigenvalue weighted by Crippen LogP contribution is -2.31. The van der Waals surface area contributed by atoms with Gasteiger partial charge in [-0.05, 0) is 18.6 Å². The molecule has 0 aliphatic heterocycles. The Morgan fingerprint density at radius 1 is 1.07 bits per heavy atom. The normalized spacial score (nSPS) is 10.3. The monoisotopic (exact) mass is 385 g/mol. The van der Waals surface area contributed by atoms with Gasteiger partial charge in [-0.25, -0.2) is 4.79 Å². The predicted molar refractivity (Wildman–Crippen MR) is 105 cm³/mol. The van der Waals surface area contributed by atoms with Gasteiger partial charge in [-0.15, -0.1) is 0 Å². The Morgan fingerprint density at radius 3 is 2.29 bits per heavy atom. The summed E-state index contributed by atoms with van der Waals surface area (Å²) in [4.78, 5) is 38.2. The van der Waals surface area contributed by atoms with Crippen molar-refractivity contribution in [2.75, 3.05) is 32.6 Å². The van der Waals surface area contributed by atoms with E-state index >= 15 is 0 Å². The SMILES string of the molecule is Cc1ccc(CN(C)C(=O)COC(=O)c2cc([N+](=O)[O-])ccc2N(C)C)cc1. The Bertz CT molecular complexity index is 878. The molecule has 0 atom stereocenters. The van der Waals surface area contributed by atoms with Gasteiger partial charge in [0.05, 0.1) is 16.2 Å². The first-order valence-corrected chi connectivity index (χ1v) is 8.61. The average Bonchev–Trinajstić information content (AvgIpc) is 2.66. The van der Waals surface area contributed by atoms with Crippen molar-refractivity contribution in [2.45, 2.75) is 13.5 Å². The number of nitro groups is 1. The predicted octanol–water partition coefficient (Wildman–Crippen LogP) is 2.78. The van der Waals surface area contributed by atoms with Crippen molar-refractivity contribution in [3.05, 3.63) is 69.3 Å². The molecule has 0 N–H and O–H groups in total. The molecular weight excluding hydrogens is 362 g/mol. The number of carbonyl (C=O) groups excluding carboxylic acids is 2. The van der Waals surface area contributed by atoms with Crippen LogP contribution >= 0.6 is 0 Å². The number of rotatable bonds is 7. The van der Waals surface area contributed by atoms with E-state index in [-0.39, 0.29) is 17.2 Å². The van der Waals surface area contributed by atoms with Gasteiger partial charge in [0.15, 0.2) is 6.61 Å². The second-order valence-electron chi connectivity index (χ2n) is 6.66. The van der Waals surface area contributed by atoms with Gasteiger partial charge in [-0.3, -0.25) is 14.9 Å². The maximum absolute atomic E-state index is 12.4. The third kappa shape index (κ3) is 5.29. The van der Waals surface area contributed by atoms with Gasteiger partial charge in [-0.1, -0.05) is 29.8 Å². The summed E-state index contributed by atoms with van der Waals surface area (Å²) in [5, 5.41) is 11.0. The highest BCUT2D eigenvalue weighted by Crippen LogP contribution is 2.25. The minimum Gasteiger partial charge on any atom is -0.452 e. The van der Waals surface area contributed by atoms with E-state index in [0.717, 1.165) is 17.2 Å². The van der Waals surface area contributed by atoms with Crippen LogP contribution in [0.15, 0.2) is 42.5 Å². The fourth-order valence-electron chi connectivity index (χ4n) is 2.56. The Kier molecular flexibility index (Phi) is 6.70.